The first-order chi connectivity index (χ1) is 9.16. The first-order valence-electron chi connectivity index (χ1n) is 6.61. The summed E-state index contributed by atoms with van der Waals surface area (Å²) in [6.07, 6.45) is 3.55. The molecule has 0 bridgehead atoms. The molecular weight excluding hydrogens is 244 g/mol. The van der Waals surface area contributed by atoms with Crippen molar-refractivity contribution in [3.63, 3.8) is 0 Å². The van der Waals surface area contributed by atoms with E-state index >= 15 is 0 Å². The summed E-state index contributed by atoms with van der Waals surface area (Å²) >= 11 is 0. The Kier molecular flexibility index (Phi) is 4.63. The smallest absolute Gasteiger partial charge is 0.337 e. The molecule has 1 aromatic carbocycles. The van der Waals surface area contributed by atoms with Gasteiger partial charge in [0.2, 0.25) is 0 Å². The van der Waals surface area contributed by atoms with Crippen LogP contribution in [0.2, 0.25) is 0 Å². The van der Waals surface area contributed by atoms with Crippen LogP contribution in [0.4, 0.5) is 11.4 Å². The van der Waals surface area contributed by atoms with E-state index in [1.54, 1.807) is 12.1 Å². The van der Waals surface area contributed by atoms with Gasteiger partial charge in [0.15, 0.2) is 0 Å². The van der Waals surface area contributed by atoms with Gasteiger partial charge in [0.25, 0.3) is 0 Å². The molecule has 0 saturated heterocycles. The second kappa shape index (κ2) is 6.43. The third kappa shape index (κ3) is 4.44. The molecular formula is C14H20N2O3. The van der Waals surface area contributed by atoms with Gasteiger partial charge in [-0.2, -0.15) is 0 Å². The van der Waals surface area contributed by atoms with E-state index in [4.69, 9.17) is 15.6 Å². The number of benzene rings is 1. The van der Waals surface area contributed by atoms with Crippen LogP contribution in [-0.2, 0) is 4.74 Å². The minimum atomic E-state index is -1.00. The minimum Gasteiger partial charge on any atom is -0.478 e. The molecule has 4 N–H and O–H groups in total. The van der Waals surface area contributed by atoms with Crippen LogP contribution in [0.5, 0.6) is 0 Å². The summed E-state index contributed by atoms with van der Waals surface area (Å²) in [5.74, 6) is -0.200. The van der Waals surface area contributed by atoms with E-state index in [-0.39, 0.29) is 11.3 Å². The molecule has 0 aliphatic heterocycles. The molecule has 1 aliphatic carbocycles. The van der Waals surface area contributed by atoms with Crippen LogP contribution in [0.3, 0.4) is 0 Å². The molecule has 19 heavy (non-hydrogen) atoms. The van der Waals surface area contributed by atoms with Gasteiger partial charge in [-0.25, -0.2) is 4.79 Å². The second-order valence-electron chi connectivity index (χ2n) is 4.91. The summed E-state index contributed by atoms with van der Waals surface area (Å²) in [7, 11) is 0. The summed E-state index contributed by atoms with van der Waals surface area (Å²) in [4.78, 5) is 10.8. The zero-order chi connectivity index (χ0) is 13.7. The van der Waals surface area contributed by atoms with Gasteiger partial charge in [0.05, 0.1) is 5.56 Å². The number of nitrogens with two attached hydrogens (primary N) is 1. The van der Waals surface area contributed by atoms with Gasteiger partial charge in [0, 0.05) is 31.1 Å². The number of nitrogen functional groups attached to an aromatic ring is 1. The third-order valence-corrected chi connectivity index (χ3v) is 3.13. The van der Waals surface area contributed by atoms with Gasteiger partial charge in [-0.1, -0.05) is 0 Å². The molecule has 1 aliphatic rings. The highest BCUT2D eigenvalue weighted by Crippen LogP contribution is 2.28. The standard InChI is InChI=1S/C14H20N2O3/c15-13-8-11(4-5-12(13)14(17)18)16-6-1-7-19-9-10-2-3-10/h4-5,8,10,16H,1-3,6-7,9,15H2,(H,17,18). The zero-order valence-corrected chi connectivity index (χ0v) is 10.9. The van der Waals surface area contributed by atoms with E-state index < -0.39 is 5.97 Å². The number of carbonyl (C=O) groups is 1. The Morgan fingerprint density at radius 3 is 2.89 bits per heavy atom. The van der Waals surface area contributed by atoms with E-state index in [2.05, 4.69) is 5.32 Å². The molecule has 5 nitrogen and oxygen atoms in total. The first kappa shape index (κ1) is 13.7. The van der Waals surface area contributed by atoms with Crippen LogP contribution < -0.4 is 11.1 Å². The minimum absolute atomic E-state index is 0.137. The van der Waals surface area contributed by atoms with Crippen LogP contribution >= 0.6 is 0 Å². The molecule has 1 aromatic rings. The van der Waals surface area contributed by atoms with Crippen molar-refractivity contribution in [3.05, 3.63) is 23.8 Å². The number of hydrogen-bond acceptors (Lipinski definition) is 4. The molecule has 5 heteroatoms. The van der Waals surface area contributed by atoms with Crippen LogP contribution in [0.25, 0.3) is 0 Å². The number of carboxylic acid groups (broad SMARTS) is 1. The molecule has 0 aromatic heterocycles. The van der Waals surface area contributed by atoms with Gasteiger partial charge in [0.1, 0.15) is 0 Å². The molecule has 0 radical (unpaired) electrons. The Morgan fingerprint density at radius 2 is 2.26 bits per heavy atom. The van der Waals surface area contributed by atoms with Crippen LogP contribution in [0.15, 0.2) is 18.2 Å². The zero-order valence-electron chi connectivity index (χ0n) is 10.9. The first-order valence-corrected chi connectivity index (χ1v) is 6.61. The summed E-state index contributed by atoms with van der Waals surface area (Å²) in [6.45, 7) is 2.43. The lowest BCUT2D eigenvalue weighted by molar-refractivity contribution is 0.0698. The SMILES string of the molecule is Nc1cc(NCCCOCC2CC2)ccc1C(=O)O. The summed E-state index contributed by atoms with van der Waals surface area (Å²) < 4.78 is 5.53. The highest BCUT2D eigenvalue weighted by molar-refractivity contribution is 5.94. The average molecular weight is 264 g/mol. The van der Waals surface area contributed by atoms with E-state index in [1.807, 2.05) is 0 Å². The number of hydrogen-bond donors (Lipinski definition) is 3. The Balaban J connectivity index is 1.67. The van der Waals surface area contributed by atoms with Gasteiger partial charge in [-0.3, -0.25) is 0 Å². The quantitative estimate of drug-likeness (QED) is 0.495. The van der Waals surface area contributed by atoms with Crippen LogP contribution in [0.1, 0.15) is 29.6 Å². The maximum Gasteiger partial charge on any atom is 0.337 e. The fourth-order valence-corrected chi connectivity index (χ4v) is 1.81. The number of anilines is 2. The van der Waals surface area contributed by atoms with Crippen molar-refractivity contribution >= 4 is 17.3 Å². The van der Waals surface area contributed by atoms with Crippen molar-refractivity contribution in [2.24, 2.45) is 5.92 Å². The lowest BCUT2D eigenvalue weighted by Crippen LogP contribution is -2.08. The number of aromatic carboxylic acids is 1. The number of nitrogens with one attached hydrogen (secondary N) is 1. The van der Waals surface area contributed by atoms with E-state index in [0.717, 1.165) is 37.8 Å². The second-order valence-corrected chi connectivity index (χ2v) is 4.91. The summed E-state index contributed by atoms with van der Waals surface area (Å²) in [6, 6.07) is 4.89. The van der Waals surface area contributed by atoms with Crippen molar-refractivity contribution < 1.29 is 14.6 Å². The molecule has 0 spiro atoms. The molecule has 0 heterocycles. The highest BCUT2D eigenvalue weighted by Gasteiger charge is 2.20. The van der Waals surface area contributed by atoms with Crippen molar-refractivity contribution in [2.45, 2.75) is 19.3 Å². The van der Waals surface area contributed by atoms with Gasteiger partial charge in [-0.05, 0) is 43.4 Å². The lowest BCUT2D eigenvalue weighted by Gasteiger charge is -2.09. The van der Waals surface area contributed by atoms with E-state index in [0.29, 0.717) is 0 Å². The van der Waals surface area contributed by atoms with Crippen molar-refractivity contribution in [1.82, 2.24) is 0 Å². The van der Waals surface area contributed by atoms with Crippen molar-refractivity contribution in [1.29, 1.82) is 0 Å². The summed E-state index contributed by atoms with van der Waals surface area (Å²) in [5, 5.41) is 12.1. The lowest BCUT2D eigenvalue weighted by atomic mass is 10.1. The topological polar surface area (TPSA) is 84.6 Å². The molecule has 1 fully saturated rings. The number of carboxylic acids is 1. The van der Waals surface area contributed by atoms with E-state index in [1.165, 1.54) is 18.9 Å². The highest BCUT2D eigenvalue weighted by atomic mass is 16.5. The maximum absolute atomic E-state index is 10.8. The molecule has 1 saturated carbocycles. The molecule has 2 rings (SSSR count). The molecule has 0 unspecified atom stereocenters. The number of rotatable bonds is 8. The molecule has 0 amide bonds. The van der Waals surface area contributed by atoms with Gasteiger partial charge < -0.3 is 20.9 Å². The van der Waals surface area contributed by atoms with Gasteiger partial charge in [-0.15, -0.1) is 0 Å². The monoisotopic (exact) mass is 264 g/mol. The normalized spacial score (nSPS) is 14.3. The predicted molar refractivity (Wildman–Crippen MR) is 74.5 cm³/mol. The Hall–Kier alpha value is -1.75. The molecule has 0 atom stereocenters. The average Bonchev–Trinajstić information content (AvgIpc) is 3.17. The predicted octanol–water partition coefficient (Wildman–Crippen LogP) is 2.20. The Morgan fingerprint density at radius 1 is 1.47 bits per heavy atom. The largest absolute Gasteiger partial charge is 0.478 e. The fourth-order valence-electron chi connectivity index (χ4n) is 1.81. The van der Waals surface area contributed by atoms with Crippen molar-refractivity contribution in [3.8, 4) is 0 Å². The van der Waals surface area contributed by atoms with Crippen LogP contribution in [-0.4, -0.2) is 30.8 Å². The summed E-state index contributed by atoms with van der Waals surface area (Å²) in [5.41, 5.74) is 6.92. The van der Waals surface area contributed by atoms with Crippen molar-refractivity contribution in [2.75, 3.05) is 30.8 Å². The van der Waals surface area contributed by atoms with Gasteiger partial charge >= 0.3 is 5.97 Å². The Labute approximate surface area is 112 Å². The van der Waals surface area contributed by atoms with E-state index in [9.17, 15) is 4.79 Å². The molecule has 104 valence electrons. The van der Waals surface area contributed by atoms with Crippen LogP contribution in [0, 0.1) is 5.92 Å². The fraction of sp³-hybridized carbons (Fsp3) is 0.500. The Bertz CT molecular complexity index is 444. The third-order valence-electron chi connectivity index (χ3n) is 3.13. The maximum atomic E-state index is 10.8. The number of ether oxygens (including phenoxy) is 1.